The Morgan fingerprint density at radius 3 is 2.68 bits per heavy atom. The van der Waals surface area contributed by atoms with Crippen LogP contribution in [-0.2, 0) is 28.2 Å². The predicted molar refractivity (Wildman–Crippen MR) is 121 cm³/mol. The highest BCUT2D eigenvalue weighted by Crippen LogP contribution is 2.22. The highest BCUT2D eigenvalue weighted by atomic mass is 16.5. The van der Waals surface area contributed by atoms with Crippen molar-refractivity contribution in [1.29, 1.82) is 0 Å². The summed E-state index contributed by atoms with van der Waals surface area (Å²) in [4.78, 5) is 4.67. The van der Waals surface area contributed by atoms with E-state index in [0.29, 0.717) is 24.9 Å². The van der Waals surface area contributed by atoms with Gasteiger partial charge in [-0.1, -0.05) is 24.3 Å². The van der Waals surface area contributed by atoms with Gasteiger partial charge in [0.1, 0.15) is 17.1 Å². The Labute approximate surface area is 184 Å². The molecule has 31 heavy (non-hydrogen) atoms. The lowest BCUT2D eigenvalue weighted by Gasteiger charge is -2.23. The number of nitrogens with zero attached hydrogens (tertiary/aromatic N) is 1. The summed E-state index contributed by atoms with van der Waals surface area (Å²) in [7, 11) is 0. The molecule has 0 aliphatic carbocycles. The van der Waals surface area contributed by atoms with Crippen LogP contribution in [0.15, 0.2) is 45.8 Å². The van der Waals surface area contributed by atoms with Gasteiger partial charge in [0.2, 0.25) is 0 Å². The van der Waals surface area contributed by atoms with Gasteiger partial charge >= 0.3 is 0 Å². The van der Waals surface area contributed by atoms with E-state index in [-0.39, 0.29) is 12.6 Å². The molecule has 0 amide bonds. The molecule has 1 atom stereocenters. The summed E-state index contributed by atoms with van der Waals surface area (Å²) >= 11 is 0. The molecule has 0 saturated carbocycles. The highest BCUT2D eigenvalue weighted by molar-refractivity contribution is 5.79. The topological polar surface area (TPSA) is 88.3 Å². The fourth-order valence-electron chi connectivity index (χ4n) is 3.45. The molecule has 1 aromatic heterocycles. The van der Waals surface area contributed by atoms with Gasteiger partial charge in [-0.05, 0) is 56.9 Å². The first-order chi connectivity index (χ1) is 15.0. The molecule has 1 aliphatic rings. The maximum Gasteiger partial charge on any atom is 0.191 e. The minimum atomic E-state index is -1.13. The molecule has 0 radical (unpaired) electrons. The van der Waals surface area contributed by atoms with Crippen LogP contribution in [-0.4, -0.2) is 43.5 Å². The van der Waals surface area contributed by atoms with Gasteiger partial charge in [-0.3, -0.25) is 0 Å². The smallest absolute Gasteiger partial charge is 0.191 e. The van der Waals surface area contributed by atoms with Crippen LogP contribution in [0.4, 0.5) is 0 Å². The van der Waals surface area contributed by atoms with Crippen molar-refractivity contribution in [3.8, 4) is 0 Å². The minimum absolute atomic E-state index is 0.283. The largest absolute Gasteiger partial charge is 0.463 e. The summed E-state index contributed by atoms with van der Waals surface area (Å²) in [6, 6.07) is 12.0. The SMILES string of the molecule is CCNC(=NCc1cccc(COC2CCOCC2)c1)NCC(C)(O)c1ccc(C)o1. The van der Waals surface area contributed by atoms with Crippen LogP contribution in [0.1, 0.15) is 49.3 Å². The van der Waals surface area contributed by atoms with Crippen LogP contribution >= 0.6 is 0 Å². The number of benzene rings is 1. The van der Waals surface area contributed by atoms with Crippen LogP contribution in [0.3, 0.4) is 0 Å². The number of aliphatic hydroxyl groups is 1. The van der Waals surface area contributed by atoms with Crippen molar-refractivity contribution < 1.29 is 19.0 Å². The fraction of sp³-hybridized carbons (Fsp3) is 0.542. The summed E-state index contributed by atoms with van der Waals surface area (Å²) in [5.74, 6) is 1.96. The second kappa shape index (κ2) is 11.3. The highest BCUT2D eigenvalue weighted by Gasteiger charge is 2.27. The van der Waals surface area contributed by atoms with E-state index in [1.54, 1.807) is 13.0 Å². The maximum atomic E-state index is 10.7. The molecule has 1 saturated heterocycles. The summed E-state index contributed by atoms with van der Waals surface area (Å²) < 4.78 is 17.0. The zero-order chi connectivity index (χ0) is 22.1. The molecule has 3 N–H and O–H groups in total. The molecular weight excluding hydrogens is 394 g/mol. The van der Waals surface area contributed by atoms with Gasteiger partial charge < -0.3 is 29.6 Å². The second-order valence-electron chi connectivity index (χ2n) is 8.18. The Kier molecular flexibility index (Phi) is 8.51. The molecule has 7 nitrogen and oxygen atoms in total. The molecule has 1 aliphatic heterocycles. The molecule has 170 valence electrons. The zero-order valence-electron chi connectivity index (χ0n) is 18.8. The van der Waals surface area contributed by atoms with E-state index >= 15 is 0 Å². The third-order valence-electron chi connectivity index (χ3n) is 5.28. The van der Waals surface area contributed by atoms with Crippen molar-refractivity contribution >= 4 is 5.96 Å². The van der Waals surface area contributed by atoms with Crippen LogP contribution in [0.5, 0.6) is 0 Å². The van der Waals surface area contributed by atoms with Gasteiger partial charge in [0.25, 0.3) is 0 Å². The van der Waals surface area contributed by atoms with Crippen LogP contribution in [0, 0.1) is 6.92 Å². The van der Waals surface area contributed by atoms with Crippen molar-refractivity contribution in [2.24, 2.45) is 4.99 Å². The van der Waals surface area contributed by atoms with Gasteiger partial charge in [0, 0.05) is 19.8 Å². The number of furan rings is 1. The molecule has 0 bridgehead atoms. The lowest BCUT2D eigenvalue weighted by atomic mass is 10.0. The van der Waals surface area contributed by atoms with E-state index in [9.17, 15) is 5.11 Å². The first-order valence-electron chi connectivity index (χ1n) is 11.0. The number of nitrogens with one attached hydrogen (secondary N) is 2. The average molecular weight is 430 g/mol. The van der Waals surface area contributed by atoms with Crippen molar-refractivity contribution in [1.82, 2.24) is 10.6 Å². The van der Waals surface area contributed by atoms with Crippen molar-refractivity contribution in [2.75, 3.05) is 26.3 Å². The first kappa shape index (κ1) is 23.3. The number of aryl methyl sites for hydroxylation is 1. The molecule has 2 heterocycles. The van der Waals surface area contributed by atoms with E-state index in [4.69, 9.17) is 13.9 Å². The third kappa shape index (κ3) is 7.38. The molecule has 1 unspecified atom stereocenters. The van der Waals surface area contributed by atoms with E-state index < -0.39 is 5.60 Å². The third-order valence-corrected chi connectivity index (χ3v) is 5.28. The summed E-state index contributed by atoms with van der Waals surface area (Å²) in [6.07, 6.45) is 2.21. The quantitative estimate of drug-likeness (QED) is 0.419. The molecule has 2 aromatic rings. The molecule has 1 aromatic carbocycles. The molecule has 0 spiro atoms. The Hall–Kier alpha value is -2.35. The van der Waals surface area contributed by atoms with Crippen LogP contribution < -0.4 is 10.6 Å². The Morgan fingerprint density at radius 2 is 1.97 bits per heavy atom. The fourth-order valence-corrected chi connectivity index (χ4v) is 3.45. The number of hydrogen-bond donors (Lipinski definition) is 3. The predicted octanol–water partition coefficient (Wildman–Crippen LogP) is 3.25. The Balaban J connectivity index is 1.55. The van der Waals surface area contributed by atoms with Gasteiger partial charge in [-0.15, -0.1) is 0 Å². The van der Waals surface area contributed by atoms with Gasteiger partial charge in [0.15, 0.2) is 5.96 Å². The molecule has 7 heteroatoms. The number of ether oxygens (including phenoxy) is 2. The van der Waals surface area contributed by atoms with Crippen molar-refractivity contribution in [3.63, 3.8) is 0 Å². The first-order valence-corrected chi connectivity index (χ1v) is 11.0. The molecule has 1 fully saturated rings. The lowest BCUT2D eigenvalue weighted by molar-refractivity contribution is -0.0390. The van der Waals surface area contributed by atoms with E-state index in [1.165, 1.54) is 0 Å². The standard InChI is InChI=1S/C24H35N3O4/c1-4-25-23(27-17-24(3,28)22-9-8-18(2)31-22)26-15-19-6-5-7-20(14-19)16-30-21-10-12-29-13-11-21/h5-9,14,21,28H,4,10-13,15-17H2,1-3H3,(H2,25,26,27). The molecular formula is C24H35N3O4. The molecule has 3 rings (SSSR count). The van der Waals surface area contributed by atoms with E-state index in [2.05, 4.69) is 33.8 Å². The monoisotopic (exact) mass is 429 g/mol. The number of hydrogen-bond acceptors (Lipinski definition) is 5. The normalized spacial score (nSPS) is 17.4. The van der Waals surface area contributed by atoms with E-state index in [0.717, 1.165) is 49.5 Å². The summed E-state index contributed by atoms with van der Waals surface area (Å²) in [6.45, 7) is 9.31. The zero-order valence-corrected chi connectivity index (χ0v) is 18.8. The summed E-state index contributed by atoms with van der Waals surface area (Å²) in [5, 5.41) is 17.2. The Morgan fingerprint density at radius 1 is 1.19 bits per heavy atom. The number of aliphatic imine (C=N–C) groups is 1. The van der Waals surface area contributed by atoms with Crippen molar-refractivity contribution in [2.45, 2.75) is 58.5 Å². The number of guanidine groups is 1. The van der Waals surface area contributed by atoms with Gasteiger partial charge in [-0.25, -0.2) is 4.99 Å². The Bertz CT molecular complexity index is 841. The minimum Gasteiger partial charge on any atom is -0.463 e. The summed E-state index contributed by atoms with van der Waals surface area (Å²) in [5.41, 5.74) is 1.12. The van der Waals surface area contributed by atoms with Crippen LogP contribution in [0.2, 0.25) is 0 Å². The number of rotatable bonds is 9. The van der Waals surface area contributed by atoms with Crippen molar-refractivity contribution in [3.05, 3.63) is 59.0 Å². The van der Waals surface area contributed by atoms with E-state index in [1.807, 2.05) is 26.0 Å². The average Bonchev–Trinajstić information content (AvgIpc) is 3.23. The van der Waals surface area contributed by atoms with Gasteiger partial charge in [-0.2, -0.15) is 0 Å². The lowest BCUT2D eigenvalue weighted by Crippen LogP contribution is -2.44. The second-order valence-corrected chi connectivity index (χ2v) is 8.18. The van der Waals surface area contributed by atoms with Crippen LogP contribution in [0.25, 0.3) is 0 Å². The van der Waals surface area contributed by atoms with Gasteiger partial charge in [0.05, 0.1) is 25.8 Å². The maximum absolute atomic E-state index is 10.7.